The van der Waals surface area contributed by atoms with Gasteiger partial charge in [-0.15, -0.1) is 0 Å². The second-order valence-corrected chi connectivity index (χ2v) is 27.6. The Bertz CT molecular complexity index is 1640. The van der Waals surface area contributed by atoms with Crippen LogP contribution in [0.5, 0.6) is 0 Å². The molecule has 0 aliphatic carbocycles. The molecule has 0 aromatic carbocycles. The van der Waals surface area contributed by atoms with E-state index in [9.17, 15) is 19.0 Å². The minimum absolute atomic E-state index is 0.0383. The molecule has 3 unspecified atom stereocenters. The van der Waals surface area contributed by atoms with E-state index in [4.69, 9.17) is 13.8 Å². The Kier molecular flexibility index (Phi) is 62.9. The Balaban J connectivity index is 5.04. The number of hydrogen-bond acceptors (Lipinski definition) is 6. The molecule has 0 aliphatic heterocycles. The van der Waals surface area contributed by atoms with Crippen LogP contribution in [-0.2, 0) is 27.9 Å². The van der Waals surface area contributed by atoms with E-state index in [0.29, 0.717) is 17.4 Å². The molecule has 0 saturated carbocycles. The van der Waals surface area contributed by atoms with Crippen LogP contribution in [0, 0.1) is 0 Å². The van der Waals surface area contributed by atoms with Crippen LogP contribution in [0.4, 0.5) is 0 Å². The zero-order valence-electron chi connectivity index (χ0n) is 57.1. The molecular formula is C75H142N2O7P+. The first-order valence-electron chi connectivity index (χ1n) is 36.6. The average molecular weight is 1210 g/mol. The number of phosphoric ester groups is 1. The molecule has 0 aromatic rings. The molecule has 498 valence electrons. The summed E-state index contributed by atoms with van der Waals surface area (Å²) in [5.41, 5.74) is 0. The number of nitrogens with one attached hydrogen (secondary N) is 1. The SMILES string of the molecule is CCCCC/C=C\C/C=C\C/C=C\CCCCCCCCC(=O)OC(/C=C\CCCCCCCCCCCCC)C(COP(=O)(O)OCC[N+](C)(C)C)NC(=O)CCCCCCCCCCCCCCCCCCC/C=C/CCCCCCCC. The van der Waals surface area contributed by atoms with Gasteiger partial charge in [-0.1, -0.05) is 307 Å². The van der Waals surface area contributed by atoms with E-state index in [0.717, 1.165) is 83.5 Å². The fourth-order valence-corrected chi connectivity index (χ4v) is 11.5. The number of phosphoric acid groups is 1. The molecule has 0 bridgehead atoms. The summed E-state index contributed by atoms with van der Waals surface area (Å²) in [6.07, 6.45) is 83.8. The highest BCUT2D eigenvalue weighted by molar-refractivity contribution is 7.47. The number of unbranched alkanes of at least 4 members (excludes halogenated alkanes) is 43. The normalized spacial score (nSPS) is 13.8. The van der Waals surface area contributed by atoms with Crippen LogP contribution in [0.3, 0.4) is 0 Å². The highest BCUT2D eigenvalue weighted by Crippen LogP contribution is 2.43. The van der Waals surface area contributed by atoms with Crippen molar-refractivity contribution in [1.82, 2.24) is 5.32 Å². The number of rotatable bonds is 67. The summed E-state index contributed by atoms with van der Waals surface area (Å²) in [4.78, 5) is 37.9. The standard InChI is InChI=1S/C75H141N2O7P/c1-7-10-13-16-19-22-25-28-30-32-34-35-36-37-38-39-40-41-43-44-46-49-52-55-58-61-64-67-74(78)76-72(71-83-85(80,81)82-70-69-77(4,5)6)73(66-63-60-57-54-51-48-27-24-21-18-15-12-9-3)84-75(79)68-65-62-59-56-53-50-47-45-42-33-31-29-26-23-20-17-14-11-8-2/h20,23,28-31,42,45,63,66,72-73H,7-19,21-22,24-27,32-41,43-44,46-62,64-65,67-71H2,1-6H3,(H-,76,78,80,81)/p+1/b23-20-,30-28+,31-29-,45-42-,66-63-. The van der Waals surface area contributed by atoms with Gasteiger partial charge < -0.3 is 19.4 Å². The van der Waals surface area contributed by atoms with Crippen molar-refractivity contribution in [3.8, 4) is 0 Å². The van der Waals surface area contributed by atoms with Crippen molar-refractivity contribution in [2.75, 3.05) is 40.9 Å². The molecule has 3 atom stereocenters. The maximum Gasteiger partial charge on any atom is 0.472 e. The van der Waals surface area contributed by atoms with Crippen molar-refractivity contribution in [1.29, 1.82) is 0 Å². The lowest BCUT2D eigenvalue weighted by Gasteiger charge is -2.27. The fourth-order valence-electron chi connectivity index (χ4n) is 10.8. The lowest BCUT2D eigenvalue weighted by molar-refractivity contribution is -0.870. The number of carbonyl (C=O) groups excluding carboxylic acids is 2. The average Bonchev–Trinajstić information content (AvgIpc) is 3.50. The second-order valence-electron chi connectivity index (χ2n) is 26.1. The van der Waals surface area contributed by atoms with Crippen LogP contribution < -0.4 is 5.32 Å². The van der Waals surface area contributed by atoms with Crippen molar-refractivity contribution < 1.29 is 37.3 Å². The van der Waals surface area contributed by atoms with Crippen molar-refractivity contribution in [3.05, 3.63) is 60.8 Å². The minimum Gasteiger partial charge on any atom is -0.456 e. The summed E-state index contributed by atoms with van der Waals surface area (Å²) in [7, 11) is 1.50. The lowest BCUT2D eigenvalue weighted by atomic mass is 10.0. The highest BCUT2D eigenvalue weighted by atomic mass is 31.2. The van der Waals surface area contributed by atoms with Crippen LogP contribution in [0.25, 0.3) is 0 Å². The maximum absolute atomic E-state index is 13.6. The zero-order chi connectivity index (χ0) is 62.1. The molecule has 0 radical (unpaired) electrons. The lowest BCUT2D eigenvalue weighted by Crippen LogP contribution is -2.47. The first-order valence-corrected chi connectivity index (χ1v) is 38.1. The molecule has 0 rings (SSSR count). The van der Waals surface area contributed by atoms with Gasteiger partial charge in [0.2, 0.25) is 5.91 Å². The Morgan fingerprint density at radius 3 is 1.11 bits per heavy atom. The third kappa shape index (κ3) is 66.0. The monoisotopic (exact) mass is 1210 g/mol. The van der Waals surface area contributed by atoms with Crippen LogP contribution in [0.1, 0.15) is 355 Å². The van der Waals surface area contributed by atoms with Gasteiger partial charge in [0, 0.05) is 12.8 Å². The number of carbonyl (C=O) groups is 2. The molecule has 0 aliphatic rings. The maximum atomic E-state index is 13.6. The van der Waals surface area contributed by atoms with Crippen molar-refractivity contribution in [3.63, 3.8) is 0 Å². The van der Waals surface area contributed by atoms with Crippen LogP contribution in [-0.4, -0.2) is 74.3 Å². The topological polar surface area (TPSA) is 111 Å². The van der Waals surface area contributed by atoms with E-state index < -0.39 is 20.0 Å². The Morgan fingerprint density at radius 2 is 0.718 bits per heavy atom. The second kappa shape index (κ2) is 64.7. The summed E-state index contributed by atoms with van der Waals surface area (Å²) in [5.74, 6) is -0.505. The van der Waals surface area contributed by atoms with Gasteiger partial charge >= 0.3 is 13.8 Å². The largest absolute Gasteiger partial charge is 0.472 e. The number of hydrogen-bond donors (Lipinski definition) is 2. The third-order valence-corrected chi connectivity index (χ3v) is 17.4. The first kappa shape index (κ1) is 82.7. The number of ether oxygens (including phenoxy) is 1. The molecule has 0 fully saturated rings. The van der Waals surface area contributed by atoms with Crippen LogP contribution in [0.2, 0.25) is 0 Å². The molecule has 0 spiro atoms. The van der Waals surface area contributed by atoms with Gasteiger partial charge in [-0.25, -0.2) is 4.57 Å². The van der Waals surface area contributed by atoms with Gasteiger partial charge in [-0.2, -0.15) is 0 Å². The molecule has 9 nitrogen and oxygen atoms in total. The summed E-state index contributed by atoms with van der Waals surface area (Å²) in [6, 6.07) is -0.855. The molecule has 0 saturated heterocycles. The van der Waals surface area contributed by atoms with Gasteiger partial charge in [0.05, 0.1) is 33.8 Å². The summed E-state index contributed by atoms with van der Waals surface area (Å²) in [5, 5.41) is 3.08. The summed E-state index contributed by atoms with van der Waals surface area (Å²) >= 11 is 0. The van der Waals surface area contributed by atoms with Gasteiger partial charge in [-0.05, 0) is 96.0 Å². The third-order valence-electron chi connectivity index (χ3n) is 16.4. The van der Waals surface area contributed by atoms with Crippen molar-refractivity contribution >= 4 is 19.7 Å². The Labute approximate surface area is 528 Å². The number of likely N-dealkylation sites (N-methyl/N-ethyl adjacent to an activating group) is 1. The zero-order valence-corrected chi connectivity index (χ0v) is 58.0. The van der Waals surface area contributed by atoms with Crippen molar-refractivity contribution in [2.45, 2.75) is 367 Å². The number of allylic oxidation sites excluding steroid dienone is 9. The summed E-state index contributed by atoms with van der Waals surface area (Å²) in [6.45, 7) is 7.02. The van der Waals surface area contributed by atoms with Crippen LogP contribution >= 0.6 is 7.82 Å². The van der Waals surface area contributed by atoms with Gasteiger partial charge in [-0.3, -0.25) is 18.6 Å². The first-order chi connectivity index (χ1) is 41.4. The minimum atomic E-state index is -4.46. The molecule has 10 heteroatoms. The van der Waals surface area contributed by atoms with Gasteiger partial charge in [0.25, 0.3) is 0 Å². The fraction of sp³-hybridized carbons (Fsp3) is 0.840. The van der Waals surface area contributed by atoms with E-state index in [1.807, 2.05) is 33.3 Å². The van der Waals surface area contributed by atoms with E-state index >= 15 is 0 Å². The summed E-state index contributed by atoms with van der Waals surface area (Å²) < 4.78 is 30.9. The number of amides is 1. The number of quaternary nitrogens is 1. The predicted molar refractivity (Wildman–Crippen MR) is 369 cm³/mol. The Hall–Kier alpha value is -2.29. The quantitative estimate of drug-likeness (QED) is 0.0205. The molecule has 85 heavy (non-hydrogen) atoms. The molecule has 2 N–H and O–H groups in total. The van der Waals surface area contributed by atoms with Crippen LogP contribution in [0.15, 0.2) is 60.8 Å². The van der Waals surface area contributed by atoms with Crippen molar-refractivity contribution in [2.24, 2.45) is 0 Å². The number of nitrogens with zero attached hydrogens (tertiary/aromatic N) is 1. The van der Waals surface area contributed by atoms with Gasteiger partial charge in [0.1, 0.15) is 19.3 Å². The van der Waals surface area contributed by atoms with Gasteiger partial charge in [0.15, 0.2) is 0 Å². The van der Waals surface area contributed by atoms with E-state index in [1.54, 1.807) is 0 Å². The molecule has 0 heterocycles. The predicted octanol–water partition coefficient (Wildman–Crippen LogP) is 23.3. The highest BCUT2D eigenvalue weighted by Gasteiger charge is 2.30. The number of esters is 1. The van der Waals surface area contributed by atoms with E-state index in [1.165, 1.54) is 238 Å². The molecule has 0 aromatic heterocycles. The molecular weight excluding hydrogens is 1070 g/mol. The molecule has 1 amide bonds. The Morgan fingerprint density at radius 1 is 0.412 bits per heavy atom. The van der Waals surface area contributed by atoms with E-state index in [2.05, 4.69) is 74.7 Å². The smallest absolute Gasteiger partial charge is 0.456 e. The van der Waals surface area contributed by atoms with E-state index in [-0.39, 0.29) is 31.5 Å².